The Bertz CT molecular complexity index is 906. The van der Waals surface area contributed by atoms with Crippen molar-refractivity contribution in [2.45, 2.75) is 25.4 Å². The lowest BCUT2D eigenvalue weighted by molar-refractivity contribution is 0.0926. The average Bonchev–Trinajstić information content (AvgIpc) is 3.10. The third-order valence-electron chi connectivity index (χ3n) is 4.32. The molecular formula is C18H16ClN5O. The van der Waals surface area contributed by atoms with Gasteiger partial charge < -0.3 is 5.32 Å². The van der Waals surface area contributed by atoms with Gasteiger partial charge in [0.05, 0.1) is 12.1 Å². The van der Waals surface area contributed by atoms with E-state index in [-0.39, 0.29) is 11.9 Å². The van der Waals surface area contributed by atoms with Crippen molar-refractivity contribution in [2.75, 3.05) is 0 Å². The first-order valence-electron chi connectivity index (χ1n) is 8.07. The van der Waals surface area contributed by atoms with Crippen LogP contribution in [0.25, 0.3) is 11.1 Å². The summed E-state index contributed by atoms with van der Waals surface area (Å²) in [6.45, 7) is 0.644. The molecular weight excluding hydrogens is 338 g/mol. The van der Waals surface area contributed by atoms with Crippen LogP contribution >= 0.6 is 11.6 Å². The summed E-state index contributed by atoms with van der Waals surface area (Å²) in [5.74, 6) is 0.841. The number of nitrogens with zero attached hydrogens (tertiary/aromatic N) is 4. The van der Waals surface area contributed by atoms with Crippen molar-refractivity contribution >= 4 is 17.5 Å². The number of halogens is 1. The maximum absolute atomic E-state index is 12.6. The Labute approximate surface area is 149 Å². The summed E-state index contributed by atoms with van der Waals surface area (Å²) >= 11 is 5.93. The van der Waals surface area contributed by atoms with Gasteiger partial charge in [0, 0.05) is 35.4 Å². The monoisotopic (exact) mass is 353 g/mol. The summed E-state index contributed by atoms with van der Waals surface area (Å²) in [4.78, 5) is 21.0. The molecule has 0 aliphatic carbocycles. The SMILES string of the molecule is O=C(NC1CCc2ncnn2C1)c1cncc(-c2ccc(Cl)cc2)c1. The molecule has 6 nitrogen and oxygen atoms in total. The minimum Gasteiger partial charge on any atom is -0.347 e. The predicted molar refractivity (Wildman–Crippen MR) is 94.3 cm³/mol. The van der Waals surface area contributed by atoms with Gasteiger partial charge in [-0.2, -0.15) is 5.10 Å². The minimum absolute atomic E-state index is 0.0425. The van der Waals surface area contributed by atoms with Gasteiger partial charge in [-0.1, -0.05) is 23.7 Å². The Morgan fingerprint density at radius 1 is 1.20 bits per heavy atom. The molecule has 126 valence electrons. The van der Waals surface area contributed by atoms with Crippen molar-refractivity contribution in [3.8, 4) is 11.1 Å². The van der Waals surface area contributed by atoms with E-state index in [1.54, 1.807) is 18.7 Å². The van der Waals surface area contributed by atoms with Crippen LogP contribution in [-0.4, -0.2) is 31.7 Å². The Morgan fingerprint density at radius 2 is 2.04 bits per heavy atom. The van der Waals surface area contributed by atoms with E-state index < -0.39 is 0 Å². The van der Waals surface area contributed by atoms with Gasteiger partial charge in [0.1, 0.15) is 12.2 Å². The highest BCUT2D eigenvalue weighted by Gasteiger charge is 2.22. The first kappa shape index (κ1) is 15.8. The third-order valence-corrected chi connectivity index (χ3v) is 4.57. The van der Waals surface area contributed by atoms with Crippen LogP contribution < -0.4 is 5.32 Å². The second kappa shape index (κ2) is 6.64. The first-order chi connectivity index (χ1) is 12.2. The van der Waals surface area contributed by atoms with Gasteiger partial charge in [-0.25, -0.2) is 9.67 Å². The summed E-state index contributed by atoms with van der Waals surface area (Å²) in [5, 5.41) is 7.92. The molecule has 1 aromatic carbocycles. The highest BCUT2D eigenvalue weighted by Crippen LogP contribution is 2.22. The molecule has 0 saturated heterocycles. The molecule has 0 spiro atoms. The van der Waals surface area contributed by atoms with Gasteiger partial charge in [0.15, 0.2) is 0 Å². The van der Waals surface area contributed by atoms with Crippen molar-refractivity contribution in [3.05, 3.63) is 65.5 Å². The number of aryl methyl sites for hydroxylation is 1. The van der Waals surface area contributed by atoms with Crippen LogP contribution in [0.5, 0.6) is 0 Å². The third kappa shape index (κ3) is 3.39. The fourth-order valence-electron chi connectivity index (χ4n) is 2.99. The average molecular weight is 354 g/mol. The van der Waals surface area contributed by atoms with Gasteiger partial charge in [-0.15, -0.1) is 0 Å². The van der Waals surface area contributed by atoms with Crippen molar-refractivity contribution in [2.24, 2.45) is 0 Å². The van der Waals surface area contributed by atoms with Crippen LogP contribution in [0.2, 0.25) is 5.02 Å². The number of aromatic nitrogens is 4. The van der Waals surface area contributed by atoms with Gasteiger partial charge in [0.25, 0.3) is 5.91 Å². The summed E-state index contributed by atoms with van der Waals surface area (Å²) in [7, 11) is 0. The van der Waals surface area contributed by atoms with Crippen LogP contribution in [0, 0.1) is 0 Å². The maximum atomic E-state index is 12.6. The molecule has 0 radical (unpaired) electrons. The molecule has 3 aromatic rings. The zero-order valence-electron chi connectivity index (χ0n) is 13.4. The fraction of sp³-hybridized carbons (Fsp3) is 0.222. The van der Waals surface area contributed by atoms with Crippen LogP contribution in [0.4, 0.5) is 0 Å². The molecule has 0 bridgehead atoms. The molecule has 0 saturated carbocycles. The molecule has 7 heteroatoms. The van der Waals surface area contributed by atoms with Crippen LogP contribution in [0.3, 0.4) is 0 Å². The van der Waals surface area contributed by atoms with Crippen LogP contribution in [-0.2, 0) is 13.0 Å². The summed E-state index contributed by atoms with van der Waals surface area (Å²) in [6.07, 6.45) is 6.54. The minimum atomic E-state index is -0.128. The standard InChI is InChI=1S/C18H16ClN5O/c19-15-3-1-12(2-4-15)13-7-14(9-20-8-13)18(25)23-16-5-6-17-21-11-22-24(17)10-16/h1-4,7-9,11,16H,5-6,10H2,(H,23,25). The maximum Gasteiger partial charge on any atom is 0.253 e. The van der Waals surface area contributed by atoms with Gasteiger partial charge >= 0.3 is 0 Å². The molecule has 1 unspecified atom stereocenters. The Balaban J connectivity index is 1.49. The normalized spacial score (nSPS) is 16.3. The first-order valence-corrected chi connectivity index (χ1v) is 8.45. The van der Waals surface area contributed by atoms with E-state index in [0.717, 1.165) is 29.8 Å². The smallest absolute Gasteiger partial charge is 0.253 e. The number of amides is 1. The van der Waals surface area contributed by atoms with Crippen molar-refractivity contribution in [1.82, 2.24) is 25.1 Å². The molecule has 2 aromatic heterocycles. The Kier molecular flexibility index (Phi) is 4.19. The van der Waals surface area contributed by atoms with E-state index in [0.29, 0.717) is 17.1 Å². The van der Waals surface area contributed by atoms with E-state index in [1.165, 1.54) is 0 Å². The van der Waals surface area contributed by atoms with E-state index in [9.17, 15) is 4.79 Å². The zero-order valence-corrected chi connectivity index (χ0v) is 14.1. The lowest BCUT2D eigenvalue weighted by atomic mass is 10.0. The number of pyridine rings is 1. The number of nitrogens with one attached hydrogen (secondary N) is 1. The number of benzene rings is 1. The van der Waals surface area contributed by atoms with E-state index in [4.69, 9.17) is 11.6 Å². The molecule has 25 heavy (non-hydrogen) atoms. The Hall–Kier alpha value is -2.73. The topological polar surface area (TPSA) is 72.7 Å². The van der Waals surface area contributed by atoms with Crippen molar-refractivity contribution < 1.29 is 4.79 Å². The second-order valence-electron chi connectivity index (χ2n) is 6.04. The van der Waals surface area contributed by atoms with Gasteiger partial charge in [-0.05, 0) is 30.2 Å². The molecule has 1 N–H and O–H groups in total. The van der Waals surface area contributed by atoms with E-state index >= 15 is 0 Å². The van der Waals surface area contributed by atoms with Gasteiger partial charge in [0.2, 0.25) is 0 Å². The molecule has 1 amide bonds. The number of carbonyl (C=O) groups excluding carboxylic acids is 1. The molecule has 1 aliphatic heterocycles. The lowest BCUT2D eigenvalue weighted by Gasteiger charge is -2.23. The predicted octanol–water partition coefficient (Wildman–Crippen LogP) is 2.74. The second-order valence-corrected chi connectivity index (χ2v) is 6.47. The molecule has 1 aliphatic rings. The molecule has 1 atom stereocenters. The Morgan fingerprint density at radius 3 is 2.88 bits per heavy atom. The van der Waals surface area contributed by atoms with E-state index in [2.05, 4.69) is 20.4 Å². The number of hydrogen-bond acceptors (Lipinski definition) is 4. The summed E-state index contributed by atoms with van der Waals surface area (Å²) < 4.78 is 1.84. The number of rotatable bonds is 3. The fourth-order valence-corrected chi connectivity index (χ4v) is 3.11. The largest absolute Gasteiger partial charge is 0.347 e. The van der Waals surface area contributed by atoms with Crippen LogP contribution in [0.15, 0.2) is 49.1 Å². The molecule has 4 rings (SSSR count). The molecule has 0 fully saturated rings. The zero-order chi connectivity index (χ0) is 17.2. The highest BCUT2D eigenvalue weighted by atomic mass is 35.5. The van der Waals surface area contributed by atoms with E-state index in [1.807, 2.05) is 35.0 Å². The van der Waals surface area contributed by atoms with Gasteiger partial charge in [-0.3, -0.25) is 9.78 Å². The summed E-state index contributed by atoms with van der Waals surface area (Å²) in [5.41, 5.74) is 2.39. The van der Waals surface area contributed by atoms with Crippen molar-refractivity contribution in [1.29, 1.82) is 0 Å². The number of fused-ring (bicyclic) bond motifs is 1. The molecule has 3 heterocycles. The lowest BCUT2D eigenvalue weighted by Crippen LogP contribution is -2.41. The summed E-state index contributed by atoms with van der Waals surface area (Å²) in [6, 6.07) is 9.35. The highest BCUT2D eigenvalue weighted by molar-refractivity contribution is 6.30. The quantitative estimate of drug-likeness (QED) is 0.785. The van der Waals surface area contributed by atoms with Crippen molar-refractivity contribution in [3.63, 3.8) is 0 Å². The number of carbonyl (C=O) groups is 1. The van der Waals surface area contributed by atoms with Crippen LogP contribution in [0.1, 0.15) is 22.6 Å². The number of hydrogen-bond donors (Lipinski definition) is 1.